The molecule has 0 radical (unpaired) electrons. The minimum Gasteiger partial charge on any atom is -0.347 e. The summed E-state index contributed by atoms with van der Waals surface area (Å²) in [7, 11) is -1.77. The Morgan fingerprint density at radius 1 is 1.38 bits per heavy atom. The first-order chi connectivity index (χ1) is 9.94. The lowest BCUT2D eigenvalue weighted by atomic mass is 10.1. The average molecular weight is 308 g/mol. The summed E-state index contributed by atoms with van der Waals surface area (Å²) in [5, 5.41) is 3.02. The van der Waals surface area contributed by atoms with Gasteiger partial charge in [0.1, 0.15) is 5.82 Å². The number of aryl methyl sites for hydroxylation is 1. The molecule has 0 aliphatic rings. The van der Waals surface area contributed by atoms with E-state index in [1.165, 1.54) is 0 Å². The van der Waals surface area contributed by atoms with Gasteiger partial charge in [0.05, 0.1) is 10.9 Å². The molecule has 7 heteroatoms. The van der Waals surface area contributed by atoms with Crippen LogP contribution in [-0.4, -0.2) is 25.4 Å². The predicted molar refractivity (Wildman–Crippen MR) is 81.3 cm³/mol. The van der Waals surface area contributed by atoms with Crippen molar-refractivity contribution in [2.45, 2.75) is 31.3 Å². The van der Waals surface area contributed by atoms with Crippen LogP contribution in [0.25, 0.3) is 0 Å². The standard InChI is InChI=1S/C14H20N4O2S/c1-10-4-5-12(9-15-3)8-13(10)21(19,20)18-11(2)14-16-6-7-17-14/h4-8,11,15,18H,9H2,1-3H3,(H,16,17). The number of H-pyrrole nitrogens is 1. The van der Waals surface area contributed by atoms with E-state index >= 15 is 0 Å². The van der Waals surface area contributed by atoms with Crippen molar-refractivity contribution in [3.8, 4) is 0 Å². The van der Waals surface area contributed by atoms with Crippen molar-refractivity contribution >= 4 is 10.0 Å². The number of aromatic amines is 1. The highest BCUT2D eigenvalue weighted by Gasteiger charge is 2.21. The highest BCUT2D eigenvalue weighted by molar-refractivity contribution is 7.89. The molecular weight excluding hydrogens is 288 g/mol. The molecule has 0 saturated carbocycles. The van der Waals surface area contributed by atoms with Crippen LogP contribution in [0.5, 0.6) is 0 Å². The largest absolute Gasteiger partial charge is 0.347 e. The second kappa shape index (κ2) is 6.38. The van der Waals surface area contributed by atoms with Crippen LogP contribution in [0, 0.1) is 6.92 Å². The van der Waals surface area contributed by atoms with Gasteiger partial charge in [-0.05, 0) is 38.1 Å². The third-order valence-electron chi connectivity index (χ3n) is 3.18. The van der Waals surface area contributed by atoms with Gasteiger partial charge in [-0.2, -0.15) is 0 Å². The number of nitrogens with zero attached hydrogens (tertiary/aromatic N) is 1. The second-order valence-electron chi connectivity index (χ2n) is 4.95. The molecule has 0 aliphatic carbocycles. The van der Waals surface area contributed by atoms with E-state index in [0.717, 1.165) is 5.56 Å². The molecule has 1 aromatic heterocycles. The first-order valence-corrected chi connectivity index (χ1v) is 8.18. The zero-order valence-corrected chi connectivity index (χ0v) is 13.2. The third-order valence-corrected chi connectivity index (χ3v) is 4.87. The number of nitrogens with one attached hydrogen (secondary N) is 3. The van der Waals surface area contributed by atoms with E-state index < -0.39 is 16.1 Å². The van der Waals surface area contributed by atoms with Crippen molar-refractivity contribution in [1.82, 2.24) is 20.0 Å². The fourth-order valence-electron chi connectivity index (χ4n) is 2.11. The summed E-state index contributed by atoms with van der Waals surface area (Å²) in [6.45, 7) is 4.16. The maximum Gasteiger partial charge on any atom is 0.241 e. The fourth-order valence-corrected chi connectivity index (χ4v) is 3.62. The lowest BCUT2D eigenvalue weighted by molar-refractivity contribution is 0.560. The van der Waals surface area contributed by atoms with Crippen LogP contribution in [0.15, 0.2) is 35.5 Å². The van der Waals surface area contributed by atoms with Gasteiger partial charge in [0.25, 0.3) is 0 Å². The van der Waals surface area contributed by atoms with Crippen molar-refractivity contribution in [3.63, 3.8) is 0 Å². The Hall–Kier alpha value is -1.70. The first kappa shape index (κ1) is 15.7. The van der Waals surface area contributed by atoms with Gasteiger partial charge in [0.15, 0.2) is 0 Å². The molecule has 21 heavy (non-hydrogen) atoms. The smallest absolute Gasteiger partial charge is 0.241 e. The Morgan fingerprint density at radius 2 is 2.14 bits per heavy atom. The van der Waals surface area contributed by atoms with Crippen LogP contribution in [0.1, 0.15) is 29.9 Å². The van der Waals surface area contributed by atoms with Crippen LogP contribution in [0.2, 0.25) is 0 Å². The second-order valence-corrected chi connectivity index (χ2v) is 6.63. The zero-order valence-electron chi connectivity index (χ0n) is 12.3. The van der Waals surface area contributed by atoms with E-state index in [4.69, 9.17) is 0 Å². The van der Waals surface area contributed by atoms with E-state index in [0.29, 0.717) is 22.8 Å². The highest BCUT2D eigenvalue weighted by Crippen LogP contribution is 2.19. The maximum absolute atomic E-state index is 12.5. The van der Waals surface area contributed by atoms with Crippen LogP contribution in [0.3, 0.4) is 0 Å². The maximum atomic E-state index is 12.5. The topological polar surface area (TPSA) is 86.9 Å². The third kappa shape index (κ3) is 3.69. The number of benzene rings is 1. The van der Waals surface area contributed by atoms with Gasteiger partial charge in [-0.25, -0.2) is 18.1 Å². The van der Waals surface area contributed by atoms with Crippen molar-refractivity contribution < 1.29 is 8.42 Å². The quantitative estimate of drug-likeness (QED) is 0.754. The summed E-state index contributed by atoms with van der Waals surface area (Å²) in [6.07, 6.45) is 3.26. The molecule has 1 heterocycles. The minimum absolute atomic E-state index is 0.300. The average Bonchev–Trinajstić information content (AvgIpc) is 2.94. The molecule has 0 aliphatic heterocycles. The van der Waals surface area contributed by atoms with Gasteiger partial charge in [0.2, 0.25) is 10.0 Å². The molecule has 0 saturated heterocycles. The van der Waals surface area contributed by atoms with Gasteiger partial charge < -0.3 is 10.3 Å². The summed E-state index contributed by atoms with van der Waals surface area (Å²) in [5.74, 6) is 0.586. The Labute approximate surface area is 125 Å². The molecule has 2 aromatic rings. The highest BCUT2D eigenvalue weighted by atomic mass is 32.2. The van der Waals surface area contributed by atoms with Crippen molar-refractivity contribution in [2.75, 3.05) is 7.05 Å². The Kier molecular flexibility index (Phi) is 4.76. The Morgan fingerprint density at radius 3 is 2.76 bits per heavy atom. The van der Waals surface area contributed by atoms with Crippen molar-refractivity contribution in [1.29, 1.82) is 0 Å². The molecule has 0 bridgehead atoms. The fraction of sp³-hybridized carbons (Fsp3) is 0.357. The van der Waals surface area contributed by atoms with Crippen LogP contribution in [-0.2, 0) is 16.6 Å². The van der Waals surface area contributed by atoms with Gasteiger partial charge in [-0.15, -0.1) is 0 Å². The lowest BCUT2D eigenvalue weighted by Crippen LogP contribution is -2.28. The number of aromatic nitrogens is 2. The SMILES string of the molecule is CNCc1ccc(C)c(S(=O)(=O)NC(C)c2ncc[nH]2)c1. The van der Waals surface area contributed by atoms with Crippen molar-refractivity contribution in [3.05, 3.63) is 47.5 Å². The number of hydrogen-bond acceptors (Lipinski definition) is 4. The van der Waals surface area contributed by atoms with Crippen molar-refractivity contribution in [2.24, 2.45) is 0 Å². The Balaban J connectivity index is 2.28. The number of hydrogen-bond donors (Lipinski definition) is 3. The van der Waals surface area contributed by atoms with Gasteiger partial charge in [0, 0.05) is 18.9 Å². The number of imidazole rings is 1. The van der Waals surface area contributed by atoms with Gasteiger partial charge in [-0.1, -0.05) is 12.1 Å². The van der Waals surface area contributed by atoms with Crippen LogP contribution >= 0.6 is 0 Å². The number of rotatable bonds is 6. The lowest BCUT2D eigenvalue weighted by Gasteiger charge is -2.14. The molecule has 0 amide bonds. The van der Waals surface area contributed by atoms with Gasteiger partial charge in [-0.3, -0.25) is 0 Å². The van der Waals surface area contributed by atoms with E-state index in [1.807, 2.05) is 19.2 Å². The predicted octanol–water partition coefficient (Wildman–Crippen LogP) is 1.48. The molecule has 1 aromatic carbocycles. The summed E-state index contributed by atoms with van der Waals surface area (Å²) in [5.41, 5.74) is 1.64. The normalized spacial score (nSPS) is 13.3. The zero-order chi connectivity index (χ0) is 15.5. The molecular formula is C14H20N4O2S. The first-order valence-electron chi connectivity index (χ1n) is 6.70. The van der Waals surface area contributed by atoms with E-state index in [-0.39, 0.29) is 0 Å². The number of sulfonamides is 1. The summed E-state index contributed by atoms with van der Waals surface area (Å²) in [6, 6.07) is 5.01. The molecule has 1 unspecified atom stereocenters. The Bertz CT molecular complexity index is 696. The molecule has 3 N–H and O–H groups in total. The molecule has 2 rings (SSSR count). The summed E-state index contributed by atoms with van der Waals surface area (Å²) >= 11 is 0. The van der Waals surface area contributed by atoms with Crippen LogP contribution < -0.4 is 10.0 Å². The monoisotopic (exact) mass is 308 g/mol. The van der Waals surface area contributed by atoms with E-state index in [2.05, 4.69) is 20.0 Å². The molecule has 1 atom stereocenters. The minimum atomic E-state index is -3.59. The molecule has 6 nitrogen and oxygen atoms in total. The molecule has 0 fully saturated rings. The molecule has 0 spiro atoms. The van der Waals surface area contributed by atoms with Crippen LogP contribution in [0.4, 0.5) is 0 Å². The summed E-state index contributed by atoms with van der Waals surface area (Å²) < 4.78 is 27.7. The van der Waals surface area contributed by atoms with E-state index in [1.54, 1.807) is 32.3 Å². The summed E-state index contributed by atoms with van der Waals surface area (Å²) in [4.78, 5) is 7.28. The van der Waals surface area contributed by atoms with Gasteiger partial charge >= 0.3 is 0 Å². The molecule has 114 valence electrons. The van der Waals surface area contributed by atoms with E-state index in [9.17, 15) is 8.42 Å².